The number of hydrogen-bond acceptors (Lipinski definition) is 5. The summed E-state index contributed by atoms with van der Waals surface area (Å²) in [6.45, 7) is 4.12. The molecule has 0 unspecified atom stereocenters. The zero-order valence-corrected chi connectivity index (χ0v) is 17.1. The molecule has 0 aliphatic carbocycles. The molecular weight excluding hydrogens is 415 g/mol. The number of hydrogen-bond donors (Lipinski definition) is 0. The SMILES string of the molecule is Cc1cc(SCc2nc(COc3c(Cl)cccc3Cl)no2)c(C)cc1Cl. The molecule has 3 aromatic rings. The van der Waals surface area contributed by atoms with Gasteiger partial charge in [0, 0.05) is 9.92 Å². The van der Waals surface area contributed by atoms with Gasteiger partial charge in [-0.15, -0.1) is 11.8 Å². The summed E-state index contributed by atoms with van der Waals surface area (Å²) in [5, 5.41) is 5.56. The van der Waals surface area contributed by atoms with Gasteiger partial charge in [0.2, 0.25) is 11.7 Å². The van der Waals surface area contributed by atoms with E-state index in [-0.39, 0.29) is 6.61 Å². The summed E-state index contributed by atoms with van der Waals surface area (Å²) in [6, 6.07) is 9.18. The van der Waals surface area contributed by atoms with Gasteiger partial charge in [-0.05, 0) is 49.2 Å². The summed E-state index contributed by atoms with van der Waals surface area (Å²) in [5.41, 5.74) is 2.15. The lowest BCUT2D eigenvalue weighted by Crippen LogP contribution is -1.98. The van der Waals surface area contributed by atoms with Crippen molar-refractivity contribution in [3.8, 4) is 5.75 Å². The number of aryl methyl sites for hydroxylation is 2. The van der Waals surface area contributed by atoms with E-state index >= 15 is 0 Å². The third-order valence-corrected chi connectivity index (χ3v) is 5.73. The molecule has 4 nitrogen and oxygen atoms in total. The molecule has 0 saturated carbocycles. The molecule has 26 heavy (non-hydrogen) atoms. The zero-order chi connectivity index (χ0) is 18.7. The van der Waals surface area contributed by atoms with Crippen molar-refractivity contribution in [2.24, 2.45) is 0 Å². The normalized spacial score (nSPS) is 11.0. The Morgan fingerprint density at radius 2 is 1.77 bits per heavy atom. The predicted octanol–water partition coefficient (Wildman–Crippen LogP) is 6.52. The molecule has 1 heterocycles. The summed E-state index contributed by atoms with van der Waals surface area (Å²) < 4.78 is 10.9. The molecule has 0 bridgehead atoms. The largest absolute Gasteiger partial charge is 0.482 e. The van der Waals surface area contributed by atoms with Gasteiger partial charge >= 0.3 is 0 Å². The molecule has 3 rings (SSSR count). The Hall–Kier alpha value is -1.40. The van der Waals surface area contributed by atoms with Gasteiger partial charge in [-0.25, -0.2) is 0 Å². The second-order valence-corrected chi connectivity index (χ2v) is 7.84. The van der Waals surface area contributed by atoms with Crippen LogP contribution >= 0.6 is 46.6 Å². The third kappa shape index (κ3) is 4.65. The van der Waals surface area contributed by atoms with Crippen molar-refractivity contribution in [3.05, 3.63) is 68.2 Å². The predicted molar refractivity (Wildman–Crippen MR) is 106 cm³/mol. The van der Waals surface area contributed by atoms with E-state index in [1.807, 2.05) is 19.9 Å². The molecule has 0 spiro atoms. The minimum absolute atomic E-state index is 0.122. The summed E-state index contributed by atoms with van der Waals surface area (Å²) in [4.78, 5) is 5.46. The average Bonchev–Trinajstić information content (AvgIpc) is 3.04. The first-order valence-corrected chi connectivity index (χ1v) is 9.84. The van der Waals surface area contributed by atoms with Crippen molar-refractivity contribution in [2.75, 3.05) is 0 Å². The van der Waals surface area contributed by atoms with Crippen molar-refractivity contribution in [1.29, 1.82) is 0 Å². The third-order valence-electron chi connectivity index (χ3n) is 3.58. The number of nitrogens with zero attached hydrogens (tertiary/aromatic N) is 2. The van der Waals surface area contributed by atoms with Gasteiger partial charge in [0.1, 0.15) is 0 Å². The molecule has 0 radical (unpaired) electrons. The lowest BCUT2D eigenvalue weighted by molar-refractivity contribution is 0.286. The quantitative estimate of drug-likeness (QED) is 0.417. The number of ether oxygens (including phenoxy) is 1. The van der Waals surface area contributed by atoms with Crippen molar-refractivity contribution >= 4 is 46.6 Å². The minimum Gasteiger partial charge on any atom is -0.482 e. The summed E-state index contributed by atoms with van der Waals surface area (Å²) >= 11 is 19.9. The van der Waals surface area contributed by atoms with Crippen LogP contribution in [0, 0.1) is 13.8 Å². The summed E-state index contributed by atoms with van der Waals surface area (Å²) in [7, 11) is 0. The van der Waals surface area contributed by atoms with Crippen LogP contribution in [0.3, 0.4) is 0 Å². The van der Waals surface area contributed by atoms with Gasteiger partial charge in [-0.1, -0.05) is 46.0 Å². The van der Waals surface area contributed by atoms with Crippen LogP contribution in [-0.2, 0) is 12.4 Å². The van der Waals surface area contributed by atoms with E-state index < -0.39 is 0 Å². The van der Waals surface area contributed by atoms with Crippen LogP contribution in [0.25, 0.3) is 0 Å². The Labute approximate surface area is 170 Å². The molecule has 0 N–H and O–H groups in total. The molecule has 0 fully saturated rings. The number of aromatic nitrogens is 2. The van der Waals surface area contributed by atoms with E-state index in [4.69, 9.17) is 44.1 Å². The van der Waals surface area contributed by atoms with E-state index in [0.717, 1.165) is 21.0 Å². The molecular formula is C18H15Cl3N2O2S. The highest BCUT2D eigenvalue weighted by Crippen LogP contribution is 2.33. The minimum atomic E-state index is 0.122. The number of rotatable bonds is 6. The van der Waals surface area contributed by atoms with E-state index in [1.165, 1.54) is 0 Å². The topological polar surface area (TPSA) is 48.2 Å². The highest BCUT2D eigenvalue weighted by Gasteiger charge is 2.12. The second kappa shape index (κ2) is 8.53. The highest BCUT2D eigenvalue weighted by molar-refractivity contribution is 7.98. The summed E-state index contributed by atoms with van der Waals surface area (Å²) in [5.74, 6) is 1.91. The first-order valence-electron chi connectivity index (χ1n) is 7.72. The molecule has 0 amide bonds. The molecule has 2 aromatic carbocycles. The lowest BCUT2D eigenvalue weighted by atomic mass is 10.2. The standard InChI is InChI=1S/C18H15Cl3N2O2S/c1-10-7-15(11(2)6-14(10)21)26-9-17-22-16(23-25-17)8-24-18-12(19)4-3-5-13(18)20/h3-7H,8-9H2,1-2H3. The fourth-order valence-electron chi connectivity index (χ4n) is 2.21. The van der Waals surface area contributed by atoms with E-state index in [2.05, 4.69) is 16.2 Å². The Balaban J connectivity index is 1.61. The van der Waals surface area contributed by atoms with Crippen LogP contribution in [0.2, 0.25) is 15.1 Å². The number of benzene rings is 2. The Bertz CT molecular complexity index is 911. The first kappa shape index (κ1) is 19.4. The molecule has 0 aliphatic heterocycles. The smallest absolute Gasteiger partial charge is 0.237 e. The summed E-state index contributed by atoms with van der Waals surface area (Å²) in [6.07, 6.45) is 0. The van der Waals surface area contributed by atoms with E-state index in [1.54, 1.807) is 30.0 Å². The van der Waals surface area contributed by atoms with Crippen LogP contribution in [0.5, 0.6) is 5.75 Å². The second-order valence-electron chi connectivity index (χ2n) is 5.60. The number of halogens is 3. The zero-order valence-electron chi connectivity index (χ0n) is 14.1. The molecule has 136 valence electrons. The van der Waals surface area contributed by atoms with Gasteiger partial charge < -0.3 is 9.26 Å². The average molecular weight is 430 g/mol. The van der Waals surface area contributed by atoms with Gasteiger partial charge in [0.05, 0.1) is 15.8 Å². The molecule has 0 atom stereocenters. The van der Waals surface area contributed by atoms with E-state index in [0.29, 0.717) is 33.3 Å². The van der Waals surface area contributed by atoms with Crippen LogP contribution in [0.4, 0.5) is 0 Å². The van der Waals surface area contributed by atoms with Crippen LogP contribution in [0.1, 0.15) is 22.8 Å². The maximum absolute atomic E-state index is 6.13. The Kier molecular flexibility index (Phi) is 6.35. The molecule has 0 saturated heterocycles. The van der Waals surface area contributed by atoms with E-state index in [9.17, 15) is 0 Å². The highest BCUT2D eigenvalue weighted by atomic mass is 35.5. The molecule has 1 aromatic heterocycles. The van der Waals surface area contributed by atoms with Gasteiger partial charge in [-0.2, -0.15) is 4.98 Å². The van der Waals surface area contributed by atoms with Crippen molar-refractivity contribution < 1.29 is 9.26 Å². The van der Waals surface area contributed by atoms with Crippen LogP contribution in [-0.4, -0.2) is 10.1 Å². The molecule has 8 heteroatoms. The lowest BCUT2D eigenvalue weighted by Gasteiger charge is -2.07. The maximum Gasteiger partial charge on any atom is 0.237 e. The fraction of sp³-hybridized carbons (Fsp3) is 0.222. The van der Waals surface area contributed by atoms with Crippen molar-refractivity contribution in [3.63, 3.8) is 0 Å². The molecule has 0 aliphatic rings. The maximum atomic E-state index is 6.13. The van der Waals surface area contributed by atoms with Crippen LogP contribution < -0.4 is 4.74 Å². The van der Waals surface area contributed by atoms with Gasteiger partial charge in [0.15, 0.2) is 12.4 Å². The van der Waals surface area contributed by atoms with Crippen molar-refractivity contribution in [1.82, 2.24) is 10.1 Å². The van der Waals surface area contributed by atoms with Crippen molar-refractivity contribution in [2.45, 2.75) is 31.1 Å². The monoisotopic (exact) mass is 428 g/mol. The Morgan fingerprint density at radius 3 is 2.50 bits per heavy atom. The fourth-order valence-corrected chi connectivity index (χ4v) is 3.88. The number of para-hydroxylation sites is 1. The van der Waals surface area contributed by atoms with Crippen LogP contribution in [0.15, 0.2) is 39.8 Å². The van der Waals surface area contributed by atoms with Gasteiger partial charge in [-0.3, -0.25) is 0 Å². The Morgan fingerprint density at radius 1 is 1.04 bits per heavy atom. The van der Waals surface area contributed by atoms with Gasteiger partial charge in [0.25, 0.3) is 0 Å². The first-order chi connectivity index (χ1) is 12.4. The number of thioether (sulfide) groups is 1.